The van der Waals surface area contributed by atoms with E-state index in [4.69, 9.17) is 37.9 Å². The van der Waals surface area contributed by atoms with E-state index < -0.39 is 85.7 Å². The molecule has 0 radical (unpaired) electrons. The van der Waals surface area contributed by atoms with E-state index in [2.05, 4.69) is 69.2 Å². The number of ether oxygens (including phenoxy) is 8. The molecule has 4 rings (SSSR count). The van der Waals surface area contributed by atoms with E-state index in [1.54, 1.807) is 55.5 Å². The van der Waals surface area contributed by atoms with Crippen molar-refractivity contribution < 1.29 is 57.7 Å². The maximum atomic E-state index is 14.0. The summed E-state index contributed by atoms with van der Waals surface area (Å²) in [5.41, 5.74) is 0.712. The molecule has 0 aliphatic carbocycles. The Balaban J connectivity index is 1.42. The van der Waals surface area contributed by atoms with Crippen molar-refractivity contribution in [2.75, 3.05) is 33.0 Å². The minimum atomic E-state index is -1.20. The fourth-order valence-corrected chi connectivity index (χ4v) is 12.3. The van der Waals surface area contributed by atoms with Gasteiger partial charge in [-0.2, -0.15) is 0 Å². The Morgan fingerprint density at radius 1 is 0.488 bits per heavy atom. The van der Waals surface area contributed by atoms with Gasteiger partial charge in [-0.15, -0.1) is 0 Å². The first-order valence-electron chi connectivity index (χ1n) is 33.9. The van der Waals surface area contributed by atoms with E-state index >= 15 is 0 Å². The largest absolute Gasteiger partial charge is 0.453 e. The van der Waals surface area contributed by atoms with Crippen molar-refractivity contribution in [3.05, 3.63) is 71.8 Å². The van der Waals surface area contributed by atoms with Crippen LogP contribution in [0.4, 0.5) is 0 Å². The van der Waals surface area contributed by atoms with Gasteiger partial charge in [-0.05, 0) is 90.9 Å². The smallest absolute Gasteiger partial charge is 0.338 e. The van der Waals surface area contributed by atoms with E-state index in [9.17, 15) is 19.8 Å². The van der Waals surface area contributed by atoms with Crippen LogP contribution < -0.4 is 0 Å². The fraction of sp³-hybridized carbons (Fsp3) is 0.806. The van der Waals surface area contributed by atoms with Crippen LogP contribution in [0.25, 0.3) is 0 Å². The van der Waals surface area contributed by atoms with Crippen LogP contribution in [0, 0.1) is 59.2 Å². The maximum absolute atomic E-state index is 14.0. The molecule has 482 valence electrons. The van der Waals surface area contributed by atoms with Gasteiger partial charge in [0.05, 0.1) is 49.3 Å². The van der Waals surface area contributed by atoms with Crippen LogP contribution in [-0.4, -0.2) is 110 Å². The second kappa shape index (κ2) is 41.3. The van der Waals surface area contributed by atoms with Gasteiger partial charge in [0, 0.05) is 25.0 Å². The number of aliphatic hydroxyl groups is 2. The first kappa shape index (κ1) is 73.5. The average molecular weight is 1180 g/mol. The minimum absolute atomic E-state index is 0.141. The fourth-order valence-electron chi connectivity index (χ4n) is 12.3. The molecule has 2 N–H and O–H groups in total. The van der Waals surface area contributed by atoms with Crippen molar-refractivity contribution in [1.82, 2.24) is 0 Å². The highest BCUT2D eigenvalue weighted by molar-refractivity contribution is 5.90. The lowest BCUT2D eigenvalue weighted by Gasteiger charge is -2.48. The van der Waals surface area contributed by atoms with Crippen molar-refractivity contribution in [2.45, 2.75) is 280 Å². The van der Waals surface area contributed by atoms with Gasteiger partial charge in [0.2, 0.25) is 0 Å². The lowest BCUT2D eigenvalue weighted by molar-refractivity contribution is -0.345. The molecule has 2 saturated heterocycles. The molecule has 2 aromatic rings. The van der Waals surface area contributed by atoms with Crippen LogP contribution in [0.3, 0.4) is 0 Å². The molecule has 0 spiro atoms. The Bertz CT molecular complexity index is 1990. The molecule has 0 bridgehead atoms. The molecule has 84 heavy (non-hydrogen) atoms. The monoisotopic (exact) mass is 1180 g/mol. The standard InChI is InChI=1S/C72H122O12/c1-14-63-66(84-72-67(58(12)65(74)64(47-73)81-72)82-69(75)60-39-17-15-18-40-60)59(13)68(83-70(76)61-41-19-16-20-42-61)71(80-63)79-49-62(78-46-44-57(11)38-26-36-55(9)34-24-32-53(7)30-22-28-51(4)5)48-77-45-43-56(10)37-25-35-54(8)33-23-31-52(6)29-21-27-50(2)3/h15-20,39-42,50-59,62-68,71-74H,14,21-38,43-49H2,1-13H3/t52?,53?,54?,55?,56?,57?,58-,59-,62?,63?,64?,65+,66-,67?,68?,71+,72-/m0/s1. The molecule has 2 aliphatic heterocycles. The predicted octanol–water partition coefficient (Wildman–Crippen LogP) is 16.7. The lowest BCUT2D eigenvalue weighted by Crippen LogP contribution is -2.61. The first-order chi connectivity index (χ1) is 40.3. The van der Waals surface area contributed by atoms with Gasteiger partial charge < -0.3 is 48.1 Å². The van der Waals surface area contributed by atoms with Crippen molar-refractivity contribution in [3.63, 3.8) is 0 Å². The maximum Gasteiger partial charge on any atom is 0.338 e. The van der Waals surface area contributed by atoms with E-state index in [-0.39, 0.29) is 6.61 Å². The third-order valence-corrected chi connectivity index (χ3v) is 18.4. The van der Waals surface area contributed by atoms with E-state index in [1.807, 2.05) is 26.0 Å². The first-order valence-corrected chi connectivity index (χ1v) is 33.9. The zero-order valence-electron chi connectivity index (χ0n) is 55.1. The molecular formula is C72H122O12. The second-order valence-corrected chi connectivity index (χ2v) is 27.4. The summed E-state index contributed by atoms with van der Waals surface area (Å²) in [6, 6.07) is 17.4. The van der Waals surface area contributed by atoms with Crippen molar-refractivity contribution >= 4 is 11.9 Å². The van der Waals surface area contributed by atoms with Crippen LogP contribution in [0.15, 0.2) is 60.7 Å². The third kappa shape index (κ3) is 28.0. The Labute approximate surface area is 511 Å². The molecule has 2 fully saturated rings. The third-order valence-electron chi connectivity index (χ3n) is 18.4. The summed E-state index contributed by atoms with van der Waals surface area (Å²) in [5.74, 6) is 3.44. The number of carbonyl (C=O) groups is 2. The molecule has 17 atom stereocenters. The number of esters is 2. The SMILES string of the molecule is CCC1O[C@@H](OCC(COCCC(C)CCCC(C)CCCC(C)CCCC(C)C)OCCC(C)CCCC(C)CCCC(C)CCCC(C)C)C(OC(=O)c2ccccc2)[C@@H](C)[C@@H]1O[C@@H]1OC(CO)[C@H](O)[C@H](C)C1OC(=O)c1ccccc1. The molecular weight excluding hydrogens is 1060 g/mol. The highest BCUT2D eigenvalue weighted by atomic mass is 16.7. The van der Waals surface area contributed by atoms with Crippen LogP contribution >= 0.6 is 0 Å². The van der Waals surface area contributed by atoms with Crippen LogP contribution in [0.2, 0.25) is 0 Å². The summed E-state index contributed by atoms with van der Waals surface area (Å²) in [4.78, 5) is 27.5. The Morgan fingerprint density at radius 2 is 0.881 bits per heavy atom. The van der Waals surface area contributed by atoms with Gasteiger partial charge in [0.25, 0.3) is 0 Å². The summed E-state index contributed by atoms with van der Waals surface area (Å²) in [5, 5.41) is 21.5. The van der Waals surface area contributed by atoms with Crippen LogP contribution in [0.1, 0.15) is 246 Å². The predicted molar refractivity (Wildman–Crippen MR) is 339 cm³/mol. The number of rotatable bonds is 44. The van der Waals surface area contributed by atoms with Crippen LogP contribution in [0.5, 0.6) is 0 Å². The summed E-state index contributed by atoms with van der Waals surface area (Å²) in [6.45, 7) is 30.5. The van der Waals surface area contributed by atoms with E-state index in [0.717, 1.165) is 54.8 Å². The molecule has 0 aromatic heterocycles. The Kier molecular flexibility index (Phi) is 36.2. The van der Waals surface area contributed by atoms with Gasteiger partial charge in [-0.3, -0.25) is 0 Å². The molecule has 12 heteroatoms. The number of carbonyl (C=O) groups excluding carboxylic acids is 2. The average Bonchev–Trinajstić information content (AvgIpc) is 3.50. The Morgan fingerprint density at radius 3 is 1.30 bits per heavy atom. The quantitative estimate of drug-likeness (QED) is 0.0480. The summed E-state index contributed by atoms with van der Waals surface area (Å²) >= 11 is 0. The van der Waals surface area contributed by atoms with Crippen LogP contribution in [-0.2, 0) is 37.9 Å². The zero-order valence-corrected chi connectivity index (χ0v) is 55.1. The number of hydrogen-bond acceptors (Lipinski definition) is 12. The molecule has 0 amide bonds. The highest BCUT2D eigenvalue weighted by Crippen LogP contribution is 2.38. The number of hydrogen-bond donors (Lipinski definition) is 2. The minimum Gasteiger partial charge on any atom is -0.453 e. The molecule has 12 nitrogen and oxygen atoms in total. The summed E-state index contributed by atoms with van der Waals surface area (Å²) in [6.07, 6.45) is 17.7. The summed E-state index contributed by atoms with van der Waals surface area (Å²) < 4.78 is 52.1. The zero-order chi connectivity index (χ0) is 61.4. The molecule has 2 heterocycles. The lowest BCUT2D eigenvalue weighted by atomic mass is 9.87. The van der Waals surface area contributed by atoms with Gasteiger partial charge in [-0.1, -0.05) is 242 Å². The number of aliphatic hydroxyl groups excluding tert-OH is 2. The summed E-state index contributed by atoms with van der Waals surface area (Å²) in [7, 11) is 0. The van der Waals surface area contributed by atoms with E-state index in [1.165, 1.54) is 109 Å². The van der Waals surface area contributed by atoms with E-state index in [0.29, 0.717) is 49.2 Å². The van der Waals surface area contributed by atoms with Gasteiger partial charge >= 0.3 is 11.9 Å². The normalized spacial score (nSPS) is 25.4. The topological polar surface area (TPSA) is 148 Å². The van der Waals surface area contributed by atoms with Crippen molar-refractivity contribution in [2.24, 2.45) is 59.2 Å². The number of benzene rings is 2. The van der Waals surface area contributed by atoms with Gasteiger partial charge in [0.15, 0.2) is 24.8 Å². The van der Waals surface area contributed by atoms with Crippen molar-refractivity contribution in [3.8, 4) is 0 Å². The molecule has 2 aromatic carbocycles. The van der Waals surface area contributed by atoms with Crippen molar-refractivity contribution in [1.29, 1.82) is 0 Å². The molecule has 11 unspecified atom stereocenters. The van der Waals surface area contributed by atoms with Gasteiger partial charge in [-0.25, -0.2) is 9.59 Å². The molecule has 2 aliphatic rings. The second-order valence-electron chi connectivity index (χ2n) is 27.4. The molecule has 0 saturated carbocycles. The van der Waals surface area contributed by atoms with Gasteiger partial charge in [0.1, 0.15) is 12.2 Å². The highest BCUT2D eigenvalue weighted by Gasteiger charge is 2.52. The Hall–Kier alpha value is -2.94.